The third kappa shape index (κ3) is 3.91. The number of pyridine rings is 1. The maximum absolute atomic E-state index is 10.6. The van der Waals surface area contributed by atoms with Crippen molar-refractivity contribution in [3.05, 3.63) is 125 Å². The van der Waals surface area contributed by atoms with Crippen molar-refractivity contribution < 1.29 is 4.92 Å². The summed E-state index contributed by atoms with van der Waals surface area (Å²) in [7, 11) is 0. The highest BCUT2D eigenvalue weighted by Crippen LogP contribution is 2.32. The molecule has 5 heteroatoms. The number of aromatic nitrogens is 2. The van der Waals surface area contributed by atoms with Gasteiger partial charge in [0.15, 0.2) is 0 Å². The normalized spacial score (nSPS) is 11.2. The minimum Gasteiger partial charge on any atom is -0.305 e. The minimum absolute atomic E-state index is 0.461. The van der Waals surface area contributed by atoms with Gasteiger partial charge in [-0.05, 0) is 28.3 Å². The van der Waals surface area contributed by atoms with E-state index in [0.717, 1.165) is 50.9 Å². The van der Waals surface area contributed by atoms with Crippen LogP contribution in [0.4, 0.5) is 0 Å². The third-order valence-corrected chi connectivity index (χ3v) is 5.34. The van der Waals surface area contributed by atoms with Crippen LogP contribution in [0.2, 0.25) is 0 Å². The zero-order valence-electron chi connectivity index (χ0n) is 17.1. The zero-order chi connectivity index (χ0) is 21.9. The second-order valence-corrected chi connectivity index (χ2v) is 7.45. The average Bonchev–Trinajstić information content (AvgIpc) is 3.28. The second kappa shape index (κ2) is 8.32. The van der Waals surface area contributed by atoms with E-state index in [1.54, 1.807) is 0 Å². The number of hydrogen-bond donors (Lipinski definition) is 0. The summed E-state index contributed by atoms with van der Waals surface area (Å²) in [6.45, 7) is 0. The van der Waals surface area contributed by atoms with Gasteiger partial charge in [-0.3, -0.25) is 10.1 Å². The predicted molar refractivity (Wildman–Crippen MR) is 128 cm³/mol. The van der Waals surface area contributed by atoms with Gasteiger partial charge >= 0.3 is 0 Å². The van der Waals surface area contributed by atoms with E-state index in [0.29, 0.717) is 0 Å². The second-order valence-electron chi connectivity index (χ2n) is 7.45. The van der Waals surface area contributed by atoms with Crippen molar-refractivity contribution in [3.63, 3.8) is 0 Å². The molecule has 3 aromatic carbocycles. The first-order valence-corrected chi connectivity index (χ1v) is 10.2. The van der Waals surface area contributed by atoms with Gasteiger partial charge in [-0.15, -0.1) is 0 Å². The summed E-state index contributed by atoms with van der Waals surface area (Å²) < 4.78 is 2.07. The summed E-state index contributed by atoms with van der Waals surface area (Å²) in [5.41, 5.74) is 7.86. The van der Waals surface area contributed by atoms with E-state index >= 15 is 0 Å². The zero-order valence-corrected chi connectivity index (χ0v) is 17.1. The SMILES string of the molecule is O=[N+]([O-])C=Cc1ccc(-c2cc(-c3ccccc3)c3nc(-c4ccccc4)cn3c2)cc1. The minimum atomic E-state index is -0.461. The molecule has 0 aliphatic rings. The van der Waals surface area contributed by atoms with E-state index in [4.69, 9.17) is 4.98 Å². The monoisotopic (exact) mass is 417 g/mol. The van der Waals surface area contributed by atoms with Crippen LogP contribution >= 0.6 is 0 Å². The van der Waals surface area contributed by atoms with Crippen molar-refractivity contribution in [1.29, 1.82) is 0 Å². The van der Waals surface area contributed by atoms with Gasteiger partial charge < -0.3 is 4.40 Å². The quantitative estimate of drug-likeness (QED) is 0.240. The largest absolute Gasteiger partial charge is 0.305 e. The summed E-state index contributed by atoms with van der Waals surface area (Å²) >= 11 is 0. The fourth-order valence-electron chi connectivity index (χ4n) is 3.77. The molecule has 5 nitrogen and oxygen atoms in total. The molecule has 2 aromatic heterocycles. The van der Waals surface area contributed by atoms with Gasteiger partial charge in [0.1, 0.15) is 5.65 Å². The van der Waals surface area contributed by atoms with Crippen molar-refractivity contribution in [3.8, 4) is 33.5 Å². The lowest BCUT2D eigenvalue weighted by Gasteiger charge is -2.09. The van der Waals surface area contributed by atoms with Gasteiger partial charge in [-0.2, -0.15) is 0 Å². The van der Waals surface area contributed by atoms with Gasteiger partial charge in [-0.25, -0.2) is 4.98 Å². The lowest BCUT2D eigenvalue weighted by atomic mass is 10.0. The summed E-state index contributed by atoms with van der Waals surface area (Å²) in [6, 6.07) is 30.2. The molecule has 0 bridgehead atoms. The van der Waals surface area contributed by atoms with Crippen molar-refractivity contribution in [2.75, 3.05) is 0 Å². The van der Waals surface area contributed by atoms with Gasteiger partial charge in [0, 0.05) is 29.6 Å². The molecule has 0 aliphatic heterocycles. The van der Waals surface area contributed by atoms with Gasteiger partial charge in [0.25, 0.3) is 0 Å². The molecular weight excluding hydrogens is 398 g/mol. The molecule has 2 heterocycles. The molecule has 0 saturated carbocycles. The van der Waals surface area contributed by atoms with Crippen LogP contribution in [-0.2, 0) is 0 Å². The van der Waals surface area contributed by atoms with Crippen LogP contribution in [0.5, 0.6) is 0 Å². The van der Waals surface area contributed by atoms with Crippen LogP contribution in [0.25, 0.3) is 45.2 Å². The maximum Gasteiger partial charge on any atom is 0.235 e. The Morgan fingerprint density at radius 3 is 2.06 bits per heavy atom. The smallest absolute Gasteiger partial charge is 0.235 e. The highest BCUT2D eigenvalue weighted by Gasteiger charge is 2.12. The molecule has 32 heavy (non-hydrogen) atoms. The molecule has 154 valence electrons. The number of rotatable bonds is 5. The summed E-state index contributed by atoms with van der Waals surface area (Å²) in [5.74, 6) is 0. The van der Waals surface area contributed by atoms with Crippen LogP contribution in [-0.4, -0.2) is 14.3 Å². The van der Waals surface area contributed by atoms with E-state index < -0.39 is 4.92 Å². The fraction of sp³-hybridized carbons (Fsp3) is 0. The number of benzene rings is 3. The summed E-state index contributed by atoms with van der Waals surface area (Å²) in [5, 5.41) is 10.6. The molecule has 5 aromatic rings. The number of imidazole rings is 1. The number of hydrogen-bond acceptors (Lipinski definition) is 3. The third-order valence-electron chi connectivity index (χ3n) is 5.34. The Morgan fingerprint density at radius 2 is 1.41 bits per heavy atom. The first-order valence-electron chi connectivity index (χ1n) is 10.2. The fourth-order valence-corrected chi connectivity index (χ4v) is 3.77. The standard InChI is InChI=1S/C27H19N3O2/c31-30(32)16-15-20-11-13-21(14-12-20)24-17-25(22-7-3-1-4-8-22)27-28-26(19-29(27)18-24)23-9-5-2-6-10-23/h1-19H. The Bertz CT molecular complexity index is 1420. The molecule has 0 N–H and O–H groups in total. The van der Waals surface area contributed by atoms with Crippen molar-refractivity contribution in [2.45, 2.75) is 0 Å². The Hall–Kier alpha value is -4.51. The highest BCUT2D eigenvalue weighted by molar-refractivity contribution is 5.84. The molecule has 0 unspecified atom stereocenters. The predicted octanol–water partition coefficient (Wildman–Crippen LogP) is 6.58. The summed E-state index contributed by atoms with van der Waals surface area (Å²) in [6.07, 6.45) is 6.56. The molecule has 0 saturated heterocycles. The molecule has 0 fully saturated rings. The first kappa shape index (κ1) is 19.5. The van der Waals surface area contributed by atoms with Crippen LogP contribution in [0.15, 0.2) is 110 Å². The van der Waals surface area contributed by atoms with Gasteiger partial charge in [0.05, 0.1) is 10.6 Å². The Labute approximate surface area is 185 Å². The van der Waals surface area contributed by atoms with Crippen molar-refractivity contribution in [1.82, 2.24) is 9.38 Å². The first-order chi connectivity index (χ1) is 15.7. The van der Waals surface area contributed by atoms with Gasteiger partial charge in [-0.1, -0.05) is 84.9 Å². The van der Waals surface area contributed by atoms with Gasteiger partial charge in [0.2, 0.25) is 6.20 Å². The van der Waals surface area contributed by atoms with E-state index in [1.165, 1.54) is 6.08 Å². The number of nitro groups is 1. The molecule has 0 atom stereocenters. The molecular formula is C27H19N3O2. The molecule has 0 radical (unpaired) electrons. The molecule has 0 amide bonds. The van der Waals surface area contributed by atoms with Crippen molar-refractivity contribution >= 4 is 11.7 Å². The molecule has 5 rings (SSSR count). The van der Waals surface area contributed by atoms with E-state index in [-0.39, 0.29) is 0 Å². The Kier molecular flexibility index (Phi) is 5.06. The van der Waals surface area contributed by atoms with E-state index in [9.17, 15) is 10.1 Å². The molecule has 0 aliphatic carbocycles. The van der Waals surface area contributed by atoms with E-state index in [1.807, 2.05) is 60.7 Å². The number of nitrogens with zero attached hydrogens (tertiary/aromatic N) is 3. The maximum atomic E-state index is 10.6. The Morgan fingerprint density at radius 1 is 0.750 bits per heavy atom. The van der Waals surface area contributed by atoms with Crippen LogP contribution in [0.1, 0.15) is 5.56 Å². The lowest BCUT2D eigenvalue weighted by molar-refractivity contribution is -0.400. The van der Waals surface area contributed by atoms with E-state index in [2.05, 4.69) is 47.1 Å². The summed E-state index contributed by atoms with van der Waals surface area (Å²) in [4.78, 5) is 15.1. The van der Waals surface area contributed by atoms with Crippen LogP contribution < -0.4 is 0 Å². The number of fused-ring (bicyclic) bond motifs is 1. The highest BCUT2D eigenvalue weighted by atomic mass is 16.6. The molecule has 0 spiro atoms. The average molecular weight is 417 g/mol. The van der Waals surface area contributed by atoms with Crippen LogP contribution in [0, 0.1) is 10.1 Å². The van der Waals surface area contributed by atoms with Crippen molar-refractivity contribution in [2.24, 2.45) is 0 Å². The lowest BCUT2D eigenvalue weighted by Crippen LogP contribution is -1.91. The van der Waals surface area contributed by atoms with Crippen LogP contribution in [0.3, 0.4) is 0 Å². The topological polar surface area (TPSA) is 60.4 Å². The Balaban J connectivity index is 1.65.